The molecule has 1 amide bonds. The van der Waals surface area contributed by atoms with E-state index >= 15 is 0 Å². The Kier molecular flexibility index (Phi) is 4.33. The summed E-state index contributed by atoms with van der Waals surface area (Å²) in [6, 6.07) is 10.3. The Labute approximate surface area is 108 Å². The number of rotatable bonds is 5. The molecule has 0 bridgehead atoms. The van der Waals surface area contributed by atoms with Gasteiger partial charge in [0.2, 0.25) is 5.91 Å². The normalized spacial score (nSPS) is 21.9. The number of likely N-dealkylation sites (tertiary alicyclic amines) is 1. The van der Waals surface area contributed by atoms with Crippen molar-refractivity contribution >= 4 is 5.91 Å². The van der Waals surface area contributed by atoms with Crippen LogP contribution in [0.15, 0.2) is 30.3 Å². The summed E-state index contributed by atoms with van der Waals surface area (Å²) in [5, 5.41) is 0. The topological polar surface area (TPSA) is 72.3 Å². The molecule has 0 radical (unpaired) electrons. The van der Waals surface area contributed by atoms with Crippen molar-refractivity contribution < 1.29 is 4.79 Å². The lowest BCUT2D eigenvalue weighted by atomic mass is 9.99. The standard InChI is InChI=1S/C14H21N3O/c15-8-13(11-4-2-1-3-5-11)10-17-7-6-12(9-17)14(16)18/h1-5,12-13H,6-10,15H2,(H2,16,18). The lowest BCUT2D eigenvalue weighted by molar-refractivity contribution is -0.121. The van der Waals surface area contributed by atoms with Crippen LogP contribution in [0.5, 0.6) is 0 Å². The minimum atomic E-state index is -0.179. The maximum atomic E-state index is 11.1. The molecule has 0 aliphatic carbocycles. The summed E-state index contributed by atoms with van der Waals surface area (Å²) in [5.74, 6) is 0.165. The van der Waals surface area contributed by atoms with Gasteiger partial charge in [0.1, 0.15) is 0 Å². The molecule has 1 heterocycles. The van der Waals surface area contributed by atoms with Gasteiger partial charge in [-0.3, -0.25) is 4.79 Å². The minimum absolute atomic E-state index is 0.0131. The van der Waals surface area contributed by atoms with Crippen LogP contribution in [0.2, 0.25) is 0 Å². The number of benzene rings is 1. The number of hydrogen-bond acceptors (Lipinski definition) is 3. The van der Waals surface area contributed by atoms with E-state index in [1.165, 1.54) is 5.56 Å². The monoisotopic (exact) mass is 247 g/mol. The fraction of sp³-hybridized carbons (Fsp3) is 0.500. The van der Waals surface area contributed by atoms with Crippen LogP contribution >= 0.6 is 0 Å². The lowest BCUT2D eigenvalue weighted by Gasteiger charge is -2.22. The Morgan fingerprint density at radius 1 is 1.39 bits per heavy atom. The minimum Gasteiger partial charge on any atom is -0.369 e. The molecule has 4 N–H and O–H groups in total. The van der Waals surface area contributed by atoms with Crippen LogP contribution < -0.4 is 11.5 Å². The molecule has 2 unspecified atom stereocenters. The average molecular weight is 247 g/mol. The van der Waals surface area contributed by atoms with Gasteiger partial charge in [0.15, 0.2) is 0 Å². The van der Waals surface area contributed by atoms with E-state index in [9.17, 15) is 4.79 Å². The maximum Gasteiger partial charge on any atom is 0.221 e. The van der Waals surface area contributed by atoms with Gasteiger partial charge >= 0.3 is 0 Å². The number of hydrogen-bond donors (Lipinski definition) is 2. The van der Waals surface area contributed by atoms with E-state index in [-0.39, 0.29) is 11.8 Å². The van der Waals surface area contributed by atoms with Crippen LogP contribution in [0.25, 0.3) is 0 Å². The highest BCUT2D eigenvalue weighted by Gasteiger charge is 2.27. The molecule has 1 aromatic carbocycles. The Morgan fingerprint density at radius 2 is 2.11 bits per heavy atom. The highest BCUT2D eigenvalue weighted by Crippen LogP contribution is 2.21. The van der Waals surface area contributed by atoms with E-state index in [1.807, 2.05) is 18.2 Å². The van der Waals surface area contributed by atoms with Crippen molar-refractivity contribution in [3.05, 3.63) is 35.9 Å². The smallest absolute Gasteiger partial charge is 0.221 e. The number of primary amides is 1. The summed E-state index contributed by atoms with van der Waals surface area (Å²) < 4.78 is 0. The Bertz CT molecular complexity index is 393. The molecule has 98 valence electrons. The molecule has 4 nitrogen and oxygen atoms in total. The van der Waals surface area contributed by atoms with E-state index in [1.54, 1.807) is 0 Å². The number of amides is 1. The second-order valence-corrected chi connectivity index (χ2v) is 4.99. The summed E-state index contributed by atoms with van der Waals surface area (Å²) in [7, 11) is 0. The Hall–Kier alpha value is -1.39. The molecular weight excluding hydrogens is 226 g/mol. The summed E-state index contributed by atoms with van der Waals surface area (Å²) in [6.07, 6.45) is 0.876. The van der Waals surface area contributed by atoms with Gasteiger partial charge in [-0.2, -0.15) is 0 Å². The third kappa shape index (κ3) is 3.09. The summed E-state index contributed by atoms with van der Waals surface area (Å²) >= 11 is 0. The molecule has 4 heteroatoms. The zero-order valence-corrected chi connectivity index (χ0v) is 10.6. The second kappa shape index (κ2) is 5.98. The van der Waals surface area contributed by atoms with Crippen LogP contribution in [-0.2, 0) is 4.79 Å². The van der Waals surface area contributed by atoms with Gasteiger partial charge in [-0.25, -0.2) is 0 Å². The van der Waals surface area contributed by atoms with Crippen LogP contribution in [0.4, 0.5) is 0 Å². The largest absolute Gasteiger partial charge is 0.369 e. The highest BCUT2D eigenvalue weighted by atomic mass is 16.1. The summed E-state index contributed by atoms with van der Waals surface area (Å²) in [4.78, 5) is 13.4. The molecule has 1 aliphatic rings. The van der Waals surface area contributed by atoms with Crippen LogP contribution in [0.1, 0.15) is 17.9 Å². The van der Waals surface area contributed by atoms with Crippen molar-refractivity contribution in [1.82, 2.24) is 4.90 Å². The number of carbonyl (C=O) groups excluding carboxylic acids is 1. The first-order chi connectivity index (χ1) is 8.70. The van der Waals surface area contributed by atoms with Crippen LogP contribution in [0.3, 0.4) is 0 Å². The Morgan fingerprint density at radius 3 is 2.67 bits per heavy atom. The third-order valence-electron chi connectivity index (χ3n) is 3.71. The molecule has 0 spiro atoms. The number of carbonyl (C=O) groups is 1. The van der Waals surface area contributed by atoms with Gasteiger partial charge < -0.3 is 16.4 Å². The molecular formula is C14H21N3O. The number of nitrogens with zero attached hydrogens (tertiary/aromatic N) is 1. The van der Waals surface area contributed by atoms with Crippen molar-refractivity contribution in [2.75, 3.05) is 26.2 Å². The van der Waals surface area contributed by atoms with E-state index < -0.39 is 0 Å². The molecule has 1 fully saturated rings. The van der Waals surface area contributed by atoms with E-state index in [4.69, 9.17) is 11.5 Å². The maximum absolute atomic E-state index is 11.1. The molecule has 0 aromatic heterocycles. The van der Waals surface area contributed by atoms with Crippen molar-refractivity contribution in [2.45, 2.75) is 12.3 Å². The highest BCUT2D eigenvalue weighted by molar-refractivity contribution is 5.77. The van der Waals surface area contributed by atoms with Crippen molar-refractivity contribution in [1.29, 1.82) is 0 Å². The van der Waals surface area contributed by atoms with Gasteiger partial charge in [-0.15, -0.1) is 0 Å². The van der Waals surface area contributed by atoms with Crippen molar-refractivity contribution in [3.63, 3.8) is 0 Å². The lowest BCUT2D eigenvalue weighted by Crippen LogP contribution is -2.32. The quantitative estimate of drug-likeness (QED) is 0.797. The van der Waals surface area contributed by atoms with Crippen molar-refractivity contribution in [3.8, 4) is 0 Å². The van der Waals surface area contributed by atoms with Gasteiger partial charge in [0, 0.05) is 25.6 Å². The zero-order chi connectivity index (χ0) is 13.0. The molecule has 1 aliphatic heterocycles. The van der Waals surface area contributed by atoms with E-state index in [0.717, 1.165) is 26.1 Å². The molecule has 1 saturated heterocycles. The first-order valence-corrected chi connectivity index (χ1v) is 6.47. The number of nitrogens with two attached hydrogens (primary N) is 2. The van der Waals surface area contributed by atoms with Gasteiger partial charge in [-0.05, 0) is 18.5 Å². The van der Waals surface area contributed by atoms with Gasteiger partial charge in [0.25, 0.3) is 0 Å². The van der Waals surface area contributed by atoms with E-state index in [2.05, 4.69) is 17.0 Å². The first-order valence-electron chi connectivity index (χ1n) is 6.47. The Balaban J connectivity index is 1.94. The zero-order valence-electron chi connectivity index (χ0n) is 10.6. The predicted molar refractivity (Wildman–Crippen MR) is 72.0 cm³/mol. The SMILES string of the molecule is NCC(CN1CCC(C(N)=O)C1)c1ccccc1. The molecule has 18 heavy (non-hydrogen) atoms. The van der Waals surface area contributed by atoms with Crippen LogP contribution in [-0.4, -0.2) is 37.0 Å². The van der Waals surface area contributed by atoms with Crippen molar-refractivity contribution in [2.24, 2.45) is 17.4 Å². The van der Waals surface area contributed by atoms with E-state index in [0.29, 0.717) is 12.5 Å². The molecule has 1 aromatic rings. The molecule has 2 atom stereocenters. The fourth-order valence-electron chi connectivity index (χ4n) is 2.58. The average Bonchev–Trinajstić information content (AvgIpc) is 2.86. The third-order valence-corrected chi connectivity index (χ3v) is 3.71. The van der Waals surface area contributed by atoms with Crippen LogP contribution in [0, 0.1) is 5.92 Å². The van der Waals surface area contributed by atoms with Gasteiger partial charge in [0.05, 0.1) is 5.92 Å². The summed E-state index contributed by atoms with van der Waals surface area (Å²) in [5.41, 5.74) is 12.5. The summed E-state index contributed by atoms with van der Waals surface area (Å²) in [6.45, 7) is 3.25. The predicted octanol–water partition coefficient (Wildman–Crippen LogP) is 0.536. The first kappa shape index (κ1) is 13.1. The van der Waals surface area contributed by atoms with Gasteiger partial charge in [-0.1, -0.05) is 30.3 Å². The molecule has 2 rings (SSSR count). The second-order valence-electron chi connectivity index (χ2n) is 4.99. The fourth-order valence-corrected chi connectivity index (χ4v) is 2.58. The molecule has 0 saturated carbocycles.